The highest BCUT2D eigenvalue weighted by atomic mass is 16.4. The van der Waals surface area contributed by atoms with Gasteiger partial charge in [0.25, 0.3) is 0 Å². The number of carboxylic acid groups (broad SMARTS) is 1. The molecule has 13 heavy (non-hydrogen) atoms. The van der Waals surface area contributed by atoms with Crippen molar-refractivity contribution in [3.8, 4) is 5.75 Å². The lowest BCUT2D eigenvalue weighted by Gasteiger charge is -2.05. The van der Waals surface area contributed by atoms with Crippen molar-refractivity contribution in [1.29, 1.82) is 0 Å². The van der Waals surface area contributed by atoms with Gasteiger partial charge in [-0.05, 0) is 24.0 Å². The Balaban J connectivity index is 3.54. The van der Waals surface area contributed by atoms with Gasteiger partial charge in [-0.2, -0.15) is 0 Å². The minimum Gasteiger partial charge on any atom is -0.508 e. The molecule has 0 saturated carbocycles. The summed E-state index contributed by atoms with van der Waals surface area (Å²) in [7, 11) is 0. The number of phenols is 1. The third kappa shape index (κ3) is 2.76. The van der Waals surface area contributed by atoms with Crippen molar-refractivity contribution in [2.45, 2.75) is 12.4 Å². The predicted molar refractivity (Wildman–Crippen MR) is 47.4 cm³/mol. The van der Waals surface area contributed by atoms with E-state index in [0.717, 1.165) is 6.07 Å². The van der Waals surface area contributed by atoms with Crippen molar-refractivity contribution in [1.82, 2.24) is 0 Å². The second-order valence-corrected chi connectivity index (χ2v) is 2.26. The Kier molecular flexibility index (Phi) is 1.39. The first-order chi connectivity index (χ1) is 8.10. The second kappa shape index (κ2) is 3.91. The second-order valence-electron chi connectivity index (χ2n) is 2.26. The monoisotopic (exact) mass is 186 g/mol. The molecule has 4 N–H and O–H groups in total. The molecule has 0 unspecified atom stereocenters. The van der Waals surface area contributed by atoms with Crippen LogP contribution in [0.4, 0.5) is 0 Å². The van der Waals surface area contributed by atoms with Gasteiger partial charge in [-0.1, -0.05) is 12.1 Å². The minimum absolute atomic E-state index is 0.514. The predicted octanol–water partition coefficient (Wildman–Crippen LogP) is 0.347. The van der Waals surface area contributed by atoms with Gasteiger partial charge < -0.3 is 15.9 Å². The normalized spacial score (nSPS) is 19.0. The van der Waals surface area contributed by atoms with Crippen LogP contribution in [0.15, 0.2) is 24.2 Å². The zero-order valence-corrected chi connectivity index (χ0v) is 6.53. The summed E-state index contributed by atoms with van der Waals surface area (Å²) in [5.74, 6) is -2.35. The van der Waals surface area contributed by atoms with Gasteiger partial charge in [-0.3, -0.25) is 4.79 Å². The summed E-state index contributed by atoms with van der Waals surface area (Å²) < 4.78 is 37.5. The maximum atomic E-state index is 10.7. The number of nitrogens with two attached hydrogens (primary N) is 1. The summed E-state index contributed by atoms with van der Waals surface area (Å²) in [5.41, 5.74) is 4.47. The van der Waals surface area contributed by atoms with Crippen molar-refractivity contribution in [2.24, 2.45) is 5.73 Å². The lowest BCUT2D eigenvalue weighted by molar-refractivity contribution is -0.138. The quantitative estimate of drug-likeness (QED) is 0.636. The molecule has 0 heterocycles. The zero-order valence-electron chi connectivity index (χ0n) is 11.5. The van der Waals surface area contributed by atoms with Crippen LogP contribution in [0.1, 0.15) is 12.4 Å². The van der Waals surface area contributed by atoms with Gasteiger partial charge in [0.15, 0.2) is 0 Å². The number of phenolic OH excluding ortho intramolecular Hbond substituents is 1. The summed E-state index contributed by atoms with van der Waals surface area (Å²) in [4.78, 5) is 10.7. The summed E-state index contributed by atoms with van der Waals surface area (Å²) in [6.45, 7) is 0. The smallest absolute Gasteiger partial charge is 0.320 e. The van der Waals surface area contributed by atoms with Crippen LogP contribution in [0.3, 0.4) is 0 Å². The van der Waals surface area contributed by atoms with Crippen LogP contribution in [0, 0.1) is 0 Å². The fourth-order valence-corrected chi connectivity index (χ4v) is 0.661. The molecule has 4 nitrogen and oxygen atoms in total. The van der Waals surface area contributed by atoms with Gasteiger partial charge >= 0.3 is 5.97 Å². The molecule has 0 aromatic heterocycles. The molecule has 0 amide bonds. The van der Waals surface area contributed by atoms with Crippen LogP contribution in [-0.4, -0.2) is 22.2 Å². The number of carboxylic acids is 1. The van der Waals surface area contributed by atoms with Gasteiger partial charge in [0.05, 0.1) is 4.11 Å². The largest absolute Gasteiger partial charge is 0.508 e. The molecule has 0 spiro atoms. The van der Waals surface area contributed by atoms with Crippen molar-refractivity contribution in [2.75, 3.05) is 0 Å². The van der Waals surface area contributed by atoms with Crippen molar-refractivity contribution in [3.05, 3.63) is 29.8 Å². The fourth-order valence-electron chi connectivity index (χ4n) is 0.661. The number of benzene rings is 1. The number of aliphatic carboxylic acids is 1. The third-order valence-corrected chi connectivity index (χ3v) is 1.23. The lowest BCUT2D eigenvalue weighted by Crippen LogP contribution is -2.32. The molecule has 1 atom stereocenters. The highest BCUT2D eigenvalue weighted by Gasteiger charge is 2.11. The first kappa shape index (κ1) is 4.62. The van der Waals surface area contributed by atoms with Gasteiger partial charge in [0, 0.05) is 2.74 Å². The first-order valence-corrected chi connectivity index (χ1v) is 3.39. The standard InChI is InChI=1S/C9H11NO3/c10-8(9(12)13)5-6-2-1-3-7(11)4-6/h1-4,8,11H,5,10H2,(H,12,13)/t8-/m0/s1/i1D,2D,4D,5D2. The first-order valence-electron chi connectivity index (χ1n) is 5.89. The van der Waals surface area contributed by atoms with E-state index in [0.29, 0.717) is 0 Å². The lowest BCUT2D eigenvalue weighted by atomic mass is 10.1. The van der Waals surface area contributed by atoms with E-state index in [1.807, 2.05) is 0 Å². The van der Waals surface area contributed by atoms with E-state index in [1.54, 1.807) is 0 Å². The molecule has 0 aliphatic rings. The Morgan fingerprint density at radius 2 is 2.54 bits per heavy atom. The Labute approximate surface area is 82.6 Å². The molecular formula is C9H11NO3. The average Bonchev–Trinajstić information content (AvgIpc) is 2.25. The van der Waals surface area contributed by atoms with Gasteiger partial charge in [0.1, 0.15) is 11.8 Å². The number of aromatic hydroxyl groups is 1. The molecular weight excluding hydrogens is 170 g/mol. The van der Waals surface area contributed by atoms with Gasteiger partial charge in [-0.25, -0.2) is 0 Å². The molecule has 0 aliphatic carbocycles. The fraction of sp³-hybridized carbons (Fsp3) is 0.222. The van der Waals surface area contributed by atoms with Gasteiger partial charge in [-0.15, -0.1) is 0 Å². The molecule has 1 rings (SSSR count). The Bertz CT molecular complexity index is 479. The van der Waals surface area contributed by atoms with E-state index in [1.165, 1.54) is 0 Å². The topological polar surface area (TPSA) is 83.5 Å². The van der Waals surface area contributed by atoms with E-state index in [-0.39, 0.29) is 0 Å². The van der Waals surface area contributed by atoms with E-state index in [2.05, 4.69) is 0 Å². The molecule has 70 valence electrons. The summed E-state index contributed by atoms with van der Waals surface area (Å²) in [6, 6.07) is -3.11. The summed E-state index contributed by atoms with van der Waals surface area (Å²) >= 11 is 0. The number of hydrogen-bond acceptors (Lipinski definition) is 3. The van der Waals surface area contributed by atoms with E-state index in [9.17, 15) is 9.90 Å². The number of rotatable bonds is 3. The number of hydrogen-bond donors (Lipinski definition) is 3. The maximum Gasteiger partial charge on any atom is 0.320 e. The molecule has 0 radical (unpaired) electrons. The highest BCUT2D eigenvalue weighted by Crippen LogP contribution is 2.11. The molecule has 0 fully saturated rings. The third-order valence-electron chi connectivity index (χ3n) is 1.23. The van der Waals surface area contributed by atoms with Crippen LogP contribution in [0.5, 0.6) is 5.75 Å². The van der Waals surface area contributed by atoms with E-state index in [4.69, 9.17) is 17.7 Å². The van der Waals surface area contributed by atoms with E-state index < -0.39 is 47.8 Å². The highest BCUT2D eigenvalue weighted by molar-refractivity contribution is 5.73. The van der Waals surface area contributed by atoms with Gasteiger partial charge in [0.2, 0.25) is 0 Å². The minimum atomic E-state index is -2.74. The maximum absolute atomic E-state index is 10.7. The Morgan fingerprint density at radius 1 is 1.85 bits per heavy atom. The zero-order chi connectivity index (χ0) is 14.2. The Hall–Kier alpha value is -1.55. The molecule has 0 saturated heterocycles. The van der Waals surface area contributed by atoms with Crippen LogP contribution in [-0.2, 0) is 11.2 Å². The van der Waals surface area contributed by atoms with Crippen molar-refractivity contribution in [3.63, 3.8) is 0 Å². The number of carbonyl (C=O) groups is 1. The summed E-state index contributed by atoms with van der Waals surface area (Å²) in [6.07, 6.45) is -2.74. The van der Waals surface area contributed by atoms with Crippen molar-refractivity contribution >= 4 is 5.97 Å². The van der Waals surface area contributed by atoms with Crippen LogP contribution in [0.25, 0.3) is 0 Å². The van der Waals surface area contributed by atoms with Crippen LogP contribution >= 0.6 is 0 Å². The van der Waals surface area contributed by atoms with E-state index >= 15 is 0 Å². The van der Waals surface area contributed by atoms with Crippen LogP contribution < -0.4 is 5.73 Å². The average molecular weight is 186 g/mol. The van der Waals surface area contributed by atoms with Crippen molar-refractivity contribution < 1.29 is 21.9 Å². The molecule has 1 aromatic rings. The molecule has 1 aromatic carbocycles. The SMILES string of the molecule is [2H]c1cc(O)c([2H])c(C([2H])([2H])[C@H](N)C(=O)O)c1[2H]. The summed E-state index contributed by atoms with van der Waals surface area (Å²) in [5, 5.41) is 18.0. The van der Waals surface area contributed by atoms with Crippen LogP contribution in [0.2, 0.25) is 0 Å². The molecule has 4 heteroatoms. The Morgan fingerprint density at radius 3 is 3.15 bits per heavy atom. The molecule has 0 aliphatic heterocycles. The molecule has 0 bridgehead atoms.